The maximum atomic E-state index is 11.5. The van der Waals surface area contributed by atoms with Crippen LogP contribution in [0.15, 0.2) is 30.3 Å². The van der Waals surface area contributed by atoms with Crippen LogP contribution < -0.4 is 20.9 Å². The van der Waals surface area contributed by atoms with Crippen molar-refractivity contribution in [3.8, 4) is 5.75 Å². The minimum atomic E-state index is -0.403. The maximum Gasteiger partial charge on any atom is 0.276 e. The predicted molar refractivity (Wildman–Crippen MR) is 83.4 cm³/mol. The van der Waals surface area contributed by atoms with Gasteiger partial charge in [-0.2, -0.15) is 0 Å². The Balaban J connectivity index is 2.20. The van der Waals surface area contributed by atoms with Gasteiger partial charge in [0.25, 0.3) is 5.91 Å². The standard InChI is InChI=1S/C14H19N3O3S/c1-10(2)8-12(18)15-14(21)17-16-13(19)9-20-11-6-4-3-5-7-11/h3-7,10H,8-9H2,1-2H3,(H,16,19)(H2,15,17,18,21). The van der Waals surface area contributed by atoms with E-state index in [4.69, 9.17) is 17.0 Å². The number of thiocarbonyl (C=S) groups is 1. The molecule has 1 aromatic rings. The number of ether oxygens (including phenoxy) is 1. The van der Waals surface area contributed by atoms with Crippen LogP contribution in [0.1, 0.15) is 20.3 Å². The van der Waals surface area contributed by atoms with Crippen molar-refractivity contribution in [3.63, 3.8) is 0 Å². The Hall–Kier alpha value is -2.15. The lowest BCUT2D eigenvalue weighted by Crippen LogP contribution is -2.49. The van der Waals surface area contributed by atoms with Crippen LogP contribution in [0.5, 0.6) is 5.75 Å². The number of benzene rings is 1. The second kappa shape index (κ2) is 8.91. The Labute approximate surface area is 129 Å². The molecule has 1 rings (SSSR count). The van der Waals surface area contributed by atoms with E-state index in [-0.39, 0.29) is 23.5 Å². The summed E-state index contributed by atoms with van der Waals surface area (Å²) in [6.45, 7) is 3.71. The molecule has 1 aromatic carbocycles. The highest BCUT2D eigenvalue weighted by Gasteiger charge is 2.08. The van der Waals surface area contributed by atoms with Crippen molar-refractivity contribution in [1.82, 2.24) is 16.2 Å². The smallest absolute Gasteiger partial charge is 0.276 e. The fraction of sp³-hybridized carbons (Fsp3) is 0.357. The third kappa shape index (κ3) is 7.88. The fourth-order valence-electron chi connectivity index (χ4n) is 1.41. The first kappa shape index (κ1) is 16.9. The number of hydrogen-bond donors (Lipinski definition) is 3. The van der Waals surface area contributed by atoms with Crippen LogP contribution in [0.3, 0.4) is 0 Å². The number of para-hydroxylation sites is 1. The van der Waals surface area contributed by atoms with Crippen molar-refractivity contribution in [1.29, 1.82) is 0 Å². The van der Waals surface area contributed by atoms with Crippen LogP contribution in [0.2, 0.25) is 0 Å². The highest BCUT2D eigenvalue weighted by atomic mass is 32.1. The third-order valence-electron chi connectivity index (χ3n) is 2.28. The van der Waals surface area contributed by atoms with Gasteiger partial charge in [-0.3, -0.25) is 20.4 Å². The van der Waals surface area contributed by atoms with E-state index >= 15 is 0 Å². The van der Waals surface area contributed by atoms with E-state index in [9.17, 15) is 9.59 Å². The van der Waals surface area contributed by atoms with Crippen LogP contribution in [0.4, 0.5) is 0 Å². The molecule has 0 aliphatic carbocycles. The van der Waals surface area contributed by atoms with Gasteiger partial charge in [0.15, 0.2) is 11.7 Å². The Morgan fingerprint density at radius 1 is 1.14 bits per heavy atom. The molecule has 0 atom stereocenters. The van der Waals surface area contributed by atoms with Gasteiger partial charge in [-0.15, -0.1) is 0 Å². The van der Waals surface area contributed by atoms with E-state index in [1.165, 1.54) is 0 Å². The minimum Gasteiger partial charge on any atom is -0.484 e. The molecule has 0 heterocycles. The van der Waals surface area contributed by atoms with Crippen LogP contribution in [-0.4, -0.2) is 23.5 Å². The highest BCUT2D eigenvalue weighted by Crippen LogP contribution is 2.07. The monoisotopic (exact) mass is 309 g/mol. The van der Waals surface area contributed by atoms with Crippen molar-refractivity contribution in [3.05, 3.63) is 30.3 Å². The summed E-state index contributed by atoms with van der Waals surface area (Å²) in [5.41, 5.74) is 4.78. The van der Waals surface area contributed by atoms with Gasteiger partial charge in [-0.25, -0.2) is 0 Å². The average Bonchev–Trinajstić information content (AvgIpc) is 2.43. The Morgan fingerprint density at radius 3 is 2.43 bits per heavy atom. The Kier molecular flexibility index (Phi) is 7.17. The molecule has 0 aromatic heterocycles. The quantitative estimate of drug-likeness (QED) is 0.561. The fourth-order valence-corrected chi connectivity index (χ4v) is 1.57. The van der Waals surface area contributed by atoms with Crippen LogP contribution in [0.25, 0.3) is 0 Å². The van der Waals surface area contributed by atoms with Crippen molar-refractivity contribution in [2.45, 2.75) is 20.3 Å². The van der Waals surface area contributed by atoms with Crippen LogP contribution in [0, 0.1) is 5.92 Å². The van der Waals surface area contributed by atoms with E-state index < -0.39 is 5.91 Å². The topological polar surface area (TPSA) is 79.5 Å². The Morgan fingerprint density at radius 2 is 1.81 bits per heavy atom. The second-order valence-electron chi connectivity index (χ2n) is 4.75. The van der Waals surface area contributed by atoms with E-state index in [1.54, 1.807) is 12.1 Å². The second-order valence-corrected chi connectivity index (χ2v) is 5.16. The van der Waals surface area contributed by atoms with Gasteiger partial charge in [0.05, 0.1) is 0 Å². The summed E-state index contributed by atoms with van der Waals surface area (Å²) in [4.78, 5) is 23.0. The van der Waals surface area contributed by atoms with E-state index in [0.29, 0.717) is 12.2 Å². The molecule has 21 heavy (non-hydrogen) atoms. The van der Waals surface area contributed by atoms with Crippen molar-refractivity contribution < 1.29 is 14.3 Å². The van der Waals surface area contributed by atoms with Gasteiger partial charge < -0.3 is 10.1 Å². The normalized spacial score (nSPS) is 9.86. The lowest BCUT2D eigenvalue weighted by atomic mass is 10.1. The molecule has 0 spiro atoms. The summed E-state index contributed by atoms with van der Waals surface area (Å²) in [7, 11) is 0. The summed E-state index contributed by atoms with van der Waals surface area (Å²) in [5, 5.41) is 2.52. The summed E-state index contributed by atoms with van der Waals surface area (Å²) in [6, 6.07) is 8.97. The molecule has 114 valence electrons. The number of nitrogens with one attached hydrogen (secondary N) is 3. The lowest BCUT2D eigenvalue weighted by Gasteiger charge is -2.12. The Bertz CT molecular complexity index is 491. The largest absolute Gasteiger partial charge is 0.484 e. The van der Waals surface area contributed by atoms with Gasteiger partial charge in [-0.1, -0.05) is 32.0 Å². The molecule has 0 saturated heterocycles. The molecule has 0 aliphatic rings. The van der Waals surface area contributed by atoms with Gasteiger partial charge in [0.1, 0.15) is 5.75 Å². The van der Waals surface area contributed by atoms with Crippen LogP contribution in [-0.2, 0) is 9.59 Å². The third-order valence-corrected chi connectivity index (χ3v) is 2.48. The first-order chi connectivity index (χ1) is 9.97. The number of carbonyl (C=O) groups is 2. The molecule has 2 amide bonds. The molecule has 0 radical (unpaired) electrons. The van der Waals surface area contributed by atoms with Crippen LogP contribution >= 0.6 is 12.2 Å². The lowest BCUT2D eigenvalue weighted by molar-refractivity contribution is -0.124. The minimum absolute atomic E-state index is 0.0497. The van der Waals surface area contributed by atoms with Crippen molar-refractivity contribution in [2.24, 2.45) is 5.92 Å². The molecule has 3 N–H and O–H groups in total. The van der Waals surface area contributed by atoms with Gasteiger partial charge >= 0.3 is 0 Å². The summed E-state index contributed by atoms with van der Waals surface area (Å²) < 4.78 is 5.25. The molecule has 0 saturated carbocycles. The first-order valence-corrected chi connectivity index (χ1v) is 6.94. The summed E-state index contributed by atoms with van der Waals surface area (Å²) >= 11 is 4.88. The SMILES string of the molecule is CC(C)CC(=O)NC(=S)NNC(=O)COc1ccccc1. The molecular formula is C14H19N3O3S. The molecule has 0 aliphatic heterocycles. The average molecular weight is 309 g/mol. The molecule has 6 nitrogen and oxygen atoms in total. The zero-order valence-electron chi connectivity index (χ0n) is 12.0. The van der Waals surface area contributed by atoms with E-state index in [2.05, 4.69) is 16.2 Å². The maximum absolute atomic E-state index is 11.5. The molecule has 7 heteroatoms. The summed E-state index contributed by atoms with van der Waals surface area (Å²) in [6.07, 6.45) is 0.368. The predicted octanol–water partition coefficient (Wildman–Crippen LogP) is 1.13. The van der Waals surface area contributed by atoms with Gasteiger partial charge in [0.2, 0.25) is 5.91 Å². The first-order valence-electron chi connectivity index (χ1n) is 6.54. The molecule has 0 fully saturated rings. The molecule has 0 unspecified atom stereocenters. The zero-order chi connectivity index (χ0) is 15.7. The van der Waals surface area contributed by atoms with E-state index in [1.807, 2.05) is 32.0 Å². The molecule has 0 bridgehead atoms. The summed E-state index contributed by atoms with van der Waals surface area (Å²) in [5.74, 6) is 0.235. The number of rotatable bonds is 5. The van der Waals surface area contributed by atoms with Gasteiger partial charge in [-0.05, 0) is 30.3 Å². The highest BCUT2D eigenvalue weighted by molar-refractivity contribution is 7.80. The van der Waals surface area contributed by atoms with Crippen molar-refractivity contribution in [2.75, 3.05) is 6.61 Å². The molecular weight excluding hydrogens is 290 g/mol. The van der Waals surface area contributed by atoms with E-state index in [0.717, 1.165) is 0 Å². The number of carbonyl (C=O) groups excluding carboxylic acids is 2. The number of amides is 2. The zero-order valence-corrected chi connectivity index (χ0v) is 12.8. The van der Waals surface area contributed by atoms with Crippen molar-refractivity contribution >= 4 is 29.1 Å². The van der Waals surface area contributed by atoms with Gasteiger partial charge in [0, 0.05) is 6.42 Å². The number of hydrazine groups is 1. The number of hydrogen-bond acceptors (Lipinski definition) is 4.